The fraction of sp³-hybridized carbons (Fsp3) is 0. The van der Waals surface area contributed by atoms with Gasteiger partial charge in [-0.05, 0) is 77.7 Å². The Labute approximate surface area is 280 Å². The molecule has 6 heterocycles. The zero-order valence-electron chi connectivity index (χ0n) is 26.2. The quantitative estimate of drug-likeness (QED) is 0.181. The molecule has 0 amide bonds. The third kappa shape index (κ3) is 3.10. The van der Waals surface area contributed by atoms with E-state index in [0.29, 0.717) is 0 Å². The van der Waals surface area contributed by atoms with Gasteiger partial charge in [-0.3, -0.25) is 4.98 Å². The van der Waals surface area contributed by atoms with Crippen LogP contribution in [0.4, 0.5) is 17.1 Å². The van der Waals surface area contributed by atoms with Crippen molar-refractivity contribution in [3.8, 4) is 11.4 Å². The number of benzene rings is 6. The minimum Gasteiger partial charge on any atom is -0.468 e. The Hall–Kier alpha value is -6.53. The lowest BCUT2D eigenvalue weighted by Crippen LogP contribution is -2.60. The lowest BCUT2D eigenvalue weighted by Gasteiger charge is -2.38. The molecule has 6 heteroatoms. The van der Waals surface area contributed by atoms with Gasteiger partial charge in [0, 0.05) is 62.1 Å². The van der Waals surface area contributed by atoms with Gasteiger partial charge in [-0.2, -0.15) is 0 Å². The molecule has 0 N–H and O–H groups in total. The first-order valence-corrected chi connectivity index (χ1v) is 16.8. The van der Waals surface area contributed by atoms with Crippen molar-refractivity contribution in [2.24, 2.45) is 0 Å². The van der Waals surface area contributed by atoms with Gasteiger partial charge >= 0.3 is 0 Å². The van der Waals surface area contributed by atoms with Crippen molar-refractivity contribution in [3.05, 3.63) is 152 Å². The number of rotatable bonds is 2. The molecule has 0 unspecified atom stereocenters. The average Bonchev–Trinajstić information content (AvgIpc) is 3.82. The predicted molar refractivity (Wildman–Crippen MR) is 202 cm³/mol. The van der Waals surface area contributed by atoms with Crippen LogP contribution in [0.25, 0.3) is 66.0 Å². The Morgan fingerprint density at radius 1 is 0.510 bits per heavy atom. The first-order chi connectivity index (χ1) is 24.4. The summed E-state index contributed by atoms with van der Waals surface area (Å²) >= 11 is 0. The molecular weight excluding hydrogens is 599 g/mol. The van der Waals surface area contributed by atoms with Crippen molar-refractivity contribution in [1.82, 2.24) is 14.1 Å². The SMILES string of the molecule is c1ccc(N2c3cccc4c3B(c3oc5ccccc5c32)c2c3c(cc5c6cnccc6n-4c25)c2ccccc2n3-c2ccccc2)cc1. The molecule has 0 saturated heterocycles. The van der Waals surface area contributed by atoms with E-state index in [-0.39, 0.29) is 6.71 Å². The number of furan rings is 1. The average molecular weight is 625 g/mol. The maximum absolute atomic E-state index is 7.11. The second-order valence-corrected chi connectivity index (χ2v) is 13.1. The largest absolute Gasteiger partial charge is 0.468 e. The number of nitrogens with zero attached hydrogens (tertiary/aromatic N) is 4. The van der Waals surface area contributed by atoms with Crippen molar-refractivity contribution in [2.75, 3.05) is 4.90 Å². The van der Waals surface area contributed by atoms with E-state index in [9.17, 15) is 0 Å². The van der Waals surface area contributed by atoms with Gasteiger partial charge in [0.1, 0.15) is 5.58 Å². The zero-order chi connectivity index (χ0) is 31.8. The molecule has 6 aromatic carbocycles. The van der Waals surface area contributed by atoms with Gasteiger partial charge < -0.3 is 18.5 Å². The minimum atomic E-state index is -0.156. The summed E-state index contributed by atoms with van der Waals surface area (Å²) in [6, 6.07) is 50.1. The third-order valence-corrected chi connectivity index (χ3v) is 10.7. The fourth-order valence-corrected chi connectivity index (χ4v) is 8.95. The van der Waals surface area contributed by atoms with Crippen LogP contribution in [0, 0.1) is 0 Å². The molecule has 5 nitrogen and oxygen atoms in total. The van der Waals surface area contributed by atoms with Gasteiger partial charge in [0.2, 0.25) is 0 Å². The maximum Gasteiger partial charge on any atom is 0.299 e. The highest BCUT2D eigenvalue weighted by atomic mass is 16.3. The highest BCUT2D eigenvalue weighted by Gasteiger charge is 2.47. The summed E-state index contributed by atoms with van der Waals surface area (Å²) in [6.07, 6.45) is 3.95. The van der Waals surface area contributed by atoms with E-state index in [0.717, 1.165) is 44.6 Å². The molecule has 10 aromatic rings. The van der Waals surface area contributed by atoms with E-state index >= 15 is 0 Å². The van der Waals surface area contributed by atoms with Crippen LogP contribution in [0.5, 0.6) is 0 Å². The zero-order valence-corrected chi connectivity index (χ0v) is 26.2. The van der Waals surface area contributed by atoms with Crippen LogP contribution in [0.15, 0.2) is 156 Å². The number of para-hydroxylation sites is 4. The molecule has 0 bridgehead atoms. The Bertz CT molecular complexity index is 3010. The summed E-state index contributed by atoms with van der Waals surface area (Å²) in [6.45, 7) is -0.156. The van der Waals surface area contributed by atoms with Crippen LogP contribution in [0.3, 0.4) is 0 Å². The third-order valence-electron chi connectivity index (χ3n) is 10.7. The van der Waals surface area contributed by atoms with E-state index < -0.39 is 0 Å². The number of aromatic nitrogens is 3. The van der Waals surface area contributed by atoms with Crippen LogP contribution < -0.4 is 21.5 Å². The maximum atomic E-state index is 7.11. The molecule has 0 saturated carbocycles. The molecule has 0 radical (unpaired) electrons. The van der Waals surface area contributed by atoms with Crippen LogP contribution in [0.1, 0.15) is 0 Å². The molecule has 0 fully saturated rings. The molecule has 226 valence electrons. The van der Waals surface area contributed by atoms with Gasteiger partial charge in [0.25, 0.3) is 6.71 Å². The fourth-order valence-electron chi connectivity index (χ4n) is 8.95. The van der Waals surface area contributed by atoms with Crippen molar-refractivity contribution in [3.63, 3.8) is 0 Å². The minimum absolute atomic E-state index is 0.156. The molecular formula is C43H25BN4O. The van der Waals surface area contributed by atoms with Crippen LogP contribution in [-0.4, -0.2) is 20.8 Å². The molecule has 2 aliphatic rings. The van der Waals surface area contributed by atoms with Gasteiger partial charge in [0.15, 0.2) is 0 Å². The van der Waals surface area contributed by atoms with Gasteiger partial charge in [0.05, 0.1) is 33.4 Å². The second-order valence-electron chi connectivity index (χ2n) is 13.1. The van der Waals surface area contributed by atoms with E-state index in [2.05, 4.69) is 159 Å². The molecule has 2 aliphatic heterocycles. The molecule has 0 atom stereocenters. The molecule has 12 rings (SSSR count). The Morgan fingerprint density at radius 2 is 1.18 bits per heavy atom. The van der Waals surface area contributed by atoms with Gasteiger partial charge in [-0.15, -0.1) is 0 Å². The molecule has 4 aromatic heterocycles. The first-order valence-electron chi connectivity index (χ1n) is 16.8. The number of hydrogen-bond donors (Lipinski definition) is 0. The van der Waals surface area contributed by atoms with E-state index in [1.807, 2.05) is 12.4 Å². The lowest BCUT2D eigenvalue weighted by atomic mass is 9.35. The Kier molecular flexibility index (Phi) is 4.74. The number of fused-ring (bicyclic) bond motifs is 13. The van der Waals surface area contributed by atoms with Crippen LogP contribution >= 0.6 is 0 Å². The van der Waals surface area contributed by atoms with Crippen LogP contribution in [0.2, 0.25) is 0 Å². The summed E-state index contributed by atoms with van der Waals surface area (Å²) in [5.74, 6) is 0. The number of anilines is 3. The summed E-state index contributed by atoms with van der Waals surface area (Å²) in [4.78, 5) is 7.07. The Morgan fingerprint density at radius 3 is 2.04 bits per heavy atom. The van der Waals surface area contributed by atoms with Crippen molar-refractivity contribution in [2.45, 2.75) is 0 Å². The summed E-state index contributed by atoms with van der Waals surface area (Å²) in [5, 5.41) is 5.93. The smallest absolute Gasteiger partial charge is 0.299 e. The first kappa shape index (κ1) is 25.6. The van der Waals surface area contributed by atoms with Crippen LogP contribution in [-0.2, 0) is 0 Å². The highest BCUT2D eigenvalue weighted by Crippen LogP contribution is 2.46. The predicted octanol–water partition coefficient (Wildman–Crippen LogP) is 8.63. The van der Waals surface area contributed by atoms with E-state index in [1.165, 1.54) is 55.0 Å². The van der Waals surface area contributed by atoms with Crippen molar-refractivity contribution < 1.29 is 4.42 Å². The van der Waals surface area contributed by atoms with Gasteiger partial charge in [-0.1, -0.05) is 72.8 Å². The monoisotopic (exact) mass is 624 g/mol. The normalized spacial score (nSPS) is 13.2. The number of hydrogen-bond acceptors (Lipinski definition) is 3. The molecule has 0 spiro atoms. The van der Waals surface area contributed by atoms with Crippen molar-refractivity contribution >= 4 is 94.9 Å². The van der Waals surface area contributed by atoms with Crippen molar-refractivity contribution in [1.29, 1.82) is 0 Å². The standard InChI is InChI=1S/C43H25BN4O/c1-3-12-26(13-4-1)46-33-18-9-7-16-28(33)30-24-31-32-25-45-23-22-34(32)48-36-20-11-19-35-38(36)44(39(40(30)46)41(31)48)43-42(29-17-8-10-21-37(29)49-43)47(35)27-14-5-2-6-15-27/h1-25H. The summed E-state index contributed by atoms with van der Waals surface area (Å²) in [7, 11) is 0. The van der Waals surface area contributed by atoms with E-state index in [4.69, 9.17) is 4.42 Å². The lowest BCUT2D eigenvalue weighted by molar-refractivity contribution is 0.651. The highest BCUT2D eigenvalue weighted by molar-refractivity contribution is 7.01. The number of pyridine rings is 1. The molecule has 0 aliphatic carbocycles. The Balaban J connectivity index is 1.36. The summed E-state index contributed by atoms with van der Waals surface area (Å²) in [5.41, 5.74) is 14.8. The topological polar surface area (TPSA) is 39.1 Å². The summed E-state index contributed by atoms with van der Waals surface area (Å²) < 4.78 is 12.1. The molecule has 49 heavy (non-hydrogen) atoms. The van der Waals surface area contributed by atoms with E-state index in [1.54, 1.807) is 0 Å². The second kappa shape index (κ2) is 9.09. The van der Waals surface area contributed by atoms with Gasteiger partial charge in [-0.25, -0.2) is 0 Å².